The van der Waals surface area contributed by atoms with Crippen LogP contribution in [0.2, 0.25) is 0 Å². The lowest BCUT2D eigenvalue weighted by atomic mass is 10.2. The zero-order valence-corrected chi connectivity index (χ0v) is 13.9. The van der Waals surface area contributed by atoms with Crippen molar-refractivity contribution in [3.8, 4) is 0 Å². The smallest absolute Gasteiger partial charge is 0.242 e. The van der Waals surface area contributed by atoms with Gasteiger partial charge < -0.3 is 9.80 Å². The number of hydrogen-bond acceptors (Lipinski definition) is 4. The van der Waals surface area contributed by atoms with Crippen LogP contribution in [0.15, 0.2) is 41.6 Å². The molecule has 0 N–H and O–H groups in total. The Balaban J connectivity index is 1.70. The first-order valence-electron chi connectivity index (χ1n) is 7.28. The standard InChI is InChI=1S/C16H18N4O2S/c1-18(8-12-7-17-19(2)9-12)15(21)10-20-13-5-3-4-6-14(13)23-11-16(20)22/h3-7,9H,8,10-11H2,1-2H3. The van der Waals surface area contributed by atoms with E-state index in [-0.39, 0.29) is 18.4 Å². The van der Waals surface area contributed by atoms with Crippen molar-refractivity contribution in [1.29, 1.82) is 0 Å². The molecule has 0 aliphatic carbocycles. The van der Waals surface area contributed by atoms with Gasteiger partial charge in [-0.3, -0.25) is 14.3 Å². The maximum Gasteiger partial charge on any atom is 0.242 e. The summed E-state index contributed by atoms with van der Waals surface area (Å²) in [5, 5.41) is 4.10. The number of benzene rings is 1. The van der Waals surface area contributed by atoms with E-state index in [1.54, 1.807) is 27.7 Å². The van der Waals surface area contributed by atoms with E-state index in [1.165, 1.54) is 11.8 Å². The molecule has 23 heavy (non-hydrogen) atoms. The van der Waals surface area contributed by atoms with Crippen LogP contribution in [0.1, 0.15) is 5.56 Å². The van der Waals surface area contributed by atoms with Crippen LogP contribution in [0.3, 0.4) is 0 Å². The van der Waals surface area contributed by atoms with Crippen LogP contribution in [-0.2, 0) is 23.2 Å². The molecular formula is C16H18N4O2S. The second-order valence-corrected chi connectivity index (χ2v) is 6.53. The Hall–Kier alpha value is -2.28. The number of thioether (sulfide) groups is 1. The molecule has 0 fully saturated rings. The minimum absolute atomic E-state index is 0.0307. The summed E-state index contributed by atoms with van der Waals surface area (Å²) in [6.07, 6.45) is 3.61. The van der Waals surface area contributed by atoms with E-state index in [4.69, 9.17) is 0 Å². The van der Waals surface area contributed by atoms with Crippen molar-refractivity contribution in [2.45, 2.75) is 11.4 Å². The second kappa shape index (κ2) is 6.45. The van der Waals surface area contributed by atoms with E-state index in [2.05, 4.69) is 5.10 Å². The fourth-order valence-corrected chi connectivity index (χ4v) is 3.43. The number of amides is 2. The largest absolute Gasteiger partial charge is 0.340 e. The molecule has 2 amide bonds. The number of hydrogen-bond donors (Lipinski definition) is 0. The predicted molar refractivity (Wildman–Crippen MR) is 89.2 cm³/mol. The number of likely N-dealkylation sites (N-methyl/N-ethyl adjacent to an activating group) is 1. The van der Waals surface area contributed by atoms with E-state index in [9.17, 15) is 9.59 Å². The predicted octanol–water partition coefficient (Wildman–Crippen LogP) is 1.52. The van der Waals surface area contributed by atoms with Gasteiger partial charge in [0.15, 0.2) is 0 Å². The van der Waals surface area contributed by atoms with Gasteiger partial charge in [-0.05, 0) is 12.1 Å². The summed E-state index contributed by atoms with van der Waals surface area (Å²) in [4.78, 5) is 28.9. The third kappa shape index (κ3) is 3.39. The molecule has 1 aromatic heterocycles. The first-order chi connectivity index (χ1) is 11.0. The van der Waals surface area contributed by atoms with Gasteiger partial charge in [0.25, 0.3) is 0 Å². The van der Waals surface area contributed by atoms with Gasteiger partial charge in [-0.2, -0.15) is 5.10 Å². The molecule has 1 aliphatic heterocycles. The number of para-hydroxylation sites is 1. The molecule has 6 nitrogen and oxygen atoms in total. The van der Waals surface area contributed by atoms with Crippen LogP contribution >= 0.6 is 11.8 Å². The number of anilines is 1. The van der Waals surface area contributed by atoms with Crippen molar-refractivity contribution in [2.24, 2.45) is 7.05 Å². The number of aromatic nitrogens is 2. The van der Waals surface area contributed by atoms with Crippen molar-refractivity contribution < 1.29 is 9.59 Å². The lowest BCUT2D eigenvalue weighted by Gasteiger charge is -2.29. The number of nitrogens with zero attached hydrogens (tertiary/aromatic N) is 4. The van der Waals surface area contributed by atoms with Gasteiger partial charge in [0, 0.05) is 37.3 Å². The number of carbonyl (C=O) groups is 2. The maximum atomic E-state index is 12.5. The molecule has 0 saturated heterocycles. The van der Waals surface area contributed by atoms with E-state index in [0.29, 0.717) is 12.3 Å². The van der Waals surface area contributed by atoms with Crippen LogP contribution in [0, 0.1) is 0 Å². The quantitative estimate of drug-likeness (QED) is 0.853. The van der Waals surface area contributed by atoms with Crippen molar-refractivity contribution in [1.82, 2.24) is 14.7 Å². The van der Waals surface area contributed by atoms with Gasteiger partial charge in [0.05, 0.1) is 17.6 Å². The summed E-state index contributed by atoms with van der Waals surface area (Å²) in [5.74, 6) is 0.247. The number of fused-ring (bicyclic) bond motifs is 1. The average Bonchev–Trinajstić information content (AvgIpc) is 2.95. The van der Waals surface area contributed by atoms with Crippen LogP contribution in [0.4, 0.5) is 5.69 Å². The Labute approximate surface area is 139 Å². The highest BCUT2D eigenvalue weighted by Gasteiger charge is 2.27. The minimum Gasteiger partial charge on any atom is -0.340 e. The molecule has 0 radical (unpaired) electrons. The Morgan fingerprint density at radius 3 is 2.91 bits per heavy atom. The van der Waals surface area contributed by atoms with Gasteiger partial charge >= 0.3 is 0 Å². The fraction of sp³-hybridized carbons (Fsp3) is 0.312. The molecule has 7 heteroatoms. The third-order valence-electron chi connectivity index (χ3n) is 3.71. The van der Waals surface area contributed by atoms with Crippen molar-refractivity contribution in [3.05, 3.63) is 42.2 Å². The molecule has 0 unspecified atom stereocenters. The summed E-state index contributed by atoms with van der Waals surface area (Å²) < 4.78 is 1.70. The summed E-state index contributed by atoms with van der Waals surface area (Å²) in [5.41, 5.74) is 1.78. The van der Waals surface area contributed by atoms with Crippen molar-refractivity contribution in [2.75, 3.05) is 24.2 Å². The molecule has 120 valence electrons. The molecule has 2 aromatic rings. The number of carbonyl (C=O) groups excluding carboxylic acids is 2. The molecule has 0 atom stereocenters. The van der Waals surface area contributed by atoms with Crippen LogP contribution in [-0.4, -0.2) is 45.8 Å². The fourth-order valence-electron chi connectivity index (χ4n) is 2.50. The Morgan fingerprint density at radius 1 is 1.39 bits per heavy atom. The zero-order valence-electron chi connectivity index (χ0n) is 13.1. The molecule has 2 heterocycles. The highest BCUT2D eigenvalue weighted by atomic mass is 32.2. The Kier molecular flexibility index (Phi) is 4.38. The average molecular weight is 330 g/mol. The van der Waals surface area contributed by atoms with Crippen LogP contribution < -0.4 is 4.90 Å². The van der Waals surface area contributed by atoms with E-state index < -0.39 is 0 Å². The highest BCUT2D eigenvalue weighted by molar-refractivity contribution is 8.00. The summed E-state index contributed by atoms with van der Waals surface area (Å²) in [7, 11) is 3.58. The van der Waals surface area contributed by atoms with Gasteiger partial charge in [-0.15, -0.1) is 11.8 Å². The second-order valence-electron chi connectivity index (χ2n) is 5.51. The van der Waals surface area contributed by atoms with E-state index >= 15 is 0 Å². The Bertz CT molecular complexity index is 743. The number of rotatable bonds is 4. The van der Waals surface area contributed by atoms with Crippen molar-refractivity contribution >= 4 is 29.3 Å². The SMILES string of the molecule is CN(Cc1cnn(C)c1)C(=O)CN1C(=O)CSc2ccccc21. The first-order valence-corrected chi connectivity index (χ1v) is 8.27. The molecule has 1 aromatic carbocycles. The molecule has 0 spiro atoms. The van der Waals surface area contributed by atoms with Gasteiger partial charge in [-0.25, -0.2) is 0 Å². The molecule has 0 saturated carbocycles. The Morgan fingerprint density at radius 2 is 2.17 bits per heavy atom. The maximum absolute atomic E-state index is 12.5. The zero-order chi connectivity index (χ0) is 16.4. The van der Waals surface area contributed by atoms with Gasteiger partial charge in [0.1, 0.15) is 6.54 Å². The third-order valence-corrected chi connectivity index (χ3v) is 4.75. The highest BCUT2D eigenvalue weighted by Crippen LogP contribution is 2.34. The van der Waals surface area contributed by atoms with Gasteiger partial charge in [-0.1, -0.05) is 12.1 Å². The lowest BCUT2D eigenvalue weighted by molar-refractivity contribution is -0.130. The number of aryl methyl sites for hydroxylation is 1. The van der Waals surface area contributed by atoms with Crippen LogP contribution in [0.25, 0.3) is 0 Å². The monoisotopic (exact) mass is 330 g/mol. The topological polar surface area (TPSA) is 58.4 Å². The minimum atomic E-state index is -0.0936. The molecular weight excluding hydrogens is 312 g/mol. The normalized spacial score (nSPS) is 13.8. The summed E-state index contributed by atoms with van der Waals surface area (Å²) in [6, 6.07) is 7.68. The van der Waals surface area contributed by atoms with E-state index in [0.717, 1.165) is 16.1 Å². The molecule has 3 rings (SSSR count). The summed E-state index contributed by atoms with van der Waals surface area (Å²) >= 11 is 1.51. The molecule has 1 aliphatic rings. The van der Waals surface area contributed by atoms with Crippen LogP contribution in [0.5, 0.6) is 0 Å². The van der Waals surface area contributed by atoms with E-state index in [1.807, 2.05) is 37.5 Å². The molecule has 0 bridgehead atoms. The van der Waals surface area contributed by atoms with Gasteiger partial charge in [0.2, 0.25) is 11.8 Å². The lowest BCUT2D eigenvalue weighted by Crippen LogP contribution is -2.43. The first kappa shape index (κ1) is 15.6. The summed E-state index contributed by atoms with van der Waals surface area (Å²) in [6.45, 7) is 0.540. The van der Waals surface area contributed by atoms with Crippen molar-refractivity contribution in [3.63, 3.8) is 0 Å².